The molecule has 3 aromatic rings. The van der Waals surface area contributed by atoms with E-state index < -0.39 is 6.09 Å². The van der Waals surface area contributed by atoms with Crippen LogP contribution in [0.2, 0.25) is 0 Å². The molecule has 0 aliphatic carbocycles. The van der Waals surface area contributed by atoms with Gasteiger partial charge in [-0.1, -0.05) is 37.6 Å². The number of methoxy groups -OCH3 is 1. The van der Waals surface area contributed by atoms with Crippen molar-refractivity contribution in [3.05, 3.63) is 58.4 Å². The van der Waals surface area contributed by atoms with Crippen LogP contribution < -0.4 is 15.6 Å². The number of benzene rings is 2. The first-order valence-corrected chi connectivity index (χ1v) is 9.58. The highest BCUT2D eigenvalue weighted by Gasteiger charge is 2.12. The van der Waals surface area contributed by atoms with Crippen LogP contribution in [0.4, 0.5) is 4.79 Å². The van der Waals surface area contributed by atoms with Crippen LogP contribution in [0.5, 0.6) is 5.75 Å². The SMILES string of the molecule is CCCCOC(=O)NCc1ccc(-c2nn(C)c(=O)c3cc(OC)ccc23)cc1. The van der Waals surface area contributed by atoms with Crippen molar-refractivity contribution in [2.24, 2.45) is 7.05 Å². The number of unbranched alkanes of at least 4 members (excludes halogenated alkanes) is 1. The van der Waals surface area contributed by atoms with E-state index in [1.54, 1.807) is 20.2 Å². The maximum Gasteiger partial charge on any atom is 0.407 e. The monoisotopic (exact) mass is 395 g/mol. The highest BCUT2D eigenvalue weighted by atomic mass is 16.5. The topological polar surface area (TPSA) is 82.5 Å². The molecule has 1 N–H and O–H groups in total. The van der Waals surface area contributed by atoms with E-state index in [9.17, 15) is 9.59 Å². The van der Waals surface area contributed by atoms with Gasteiger partial charge in [-0.3, -0.25) is 4.79 Å². The number of carbonyl (C=O) groups excluding carboxylic acids is 1. The zero-order chi connectivity index (χ0) is 20.8. The minimum atomic E-state index is -0.415. The summed E-state index contributed by atoms with van der Waals surface area (Å²) in [6.45, 7) is 2.85. The molecule has 0 saturated carbocycles. The first-order valence-electron chi connectivity index (χ1n) is 9.58. The van der Waals surface area contributed by atoms with Crippen molar-refractivity contribution in [1.29, 1.82) is 0 Å². The molecular formula is C22H25N3O4. The Morgan fingerprint density at radius 2 is 1.90 bits per heavy atom. The van der Waals surface area contributed by atoms with Crippen molar-refractivity contribution in [2.75, 3.05) is 13.7 Å². The minimum Gasteiger partial charge on any atom is -0.497 e. The van der Waals surface area contributed by atoms with Crippen LogP contribution >= 0.6 is 0 Å². The zero-order valence-corrected chi connectivity index (χ0v) is 16.9. The van der Waals surface area contributed by atoms with Crippen LogP contribution in [0.1, 0.15) is 25.3 Å². The smallest absolute Gasteiger partial charge is 0.407 e. The van der Waals surface area contributed by atoms with Gasteiger partial charge in [-0.15, -0.1) is 0 Å². The third-order valence-corrected chi connectivity index (χ3v) is 4.65. The largest absolute Gasteiger partial charge is 0.497 e. The summed E-state index contributed by atoms with van der Waals surface area (Å²) in [4.78, 5) is 24.1. The van der Waals surface area contributed by atoms with Crippen LogP contribution in [0.3, 0.4) is 0 Å². The Kier molecular flexibility index (Phi) is 6.49. The standard InChI is InChI=1S/C22H25N3O4/c1-4-5-12-29-22(27)23-14-15-6-8-16(9-7-15)20-18-11-10-17(28-3)13-19(18)21(26)25(2)24-20/h6-11,13H,4-5,12,14H2,1-3H3,(H,23,27). The Labute approximate surface area is 169 Å². The number of nitrogens with zero attached hydrogens (tertiary/aromatic N) is 2. The molecule has 2 aromatic carbocycles. The predicted molar refractivity (Wildman–Crippen MR) is 112 cm³/mol. The Bertz CT molecular complexity index is 1060. The lowest BCUT2D eigenvalue weighted by molar-refractivity contribution is 0.144. The summed E-state index contributed by atoms with van der Waals surface area (Å²) in [5, 5.41) is 8.50. The van der Waals surface area contributed by atoms with Gasteiger partial charge in [0, 0.05) is 24.5 Å². The number of ether oxygens (including phenoxy) is 2. The minimum absolute atomic E-state index is 0.176. The number of aromatic nitrogens is 2. The number of fused-ring (bicyclic) bond motifs is 1. The second-order valence-corrected chi connectivity index (χ2v) is 6.73. The van der Waals surface area contributed by atoms with E-state index in [1.807, 2.05) is 43.3 Å². The van der Waals surface area contributed by atoms with Crippen LogP contribution in [-0.4, -0.2) is 29.6 Å². The van der Waals surface area contributed by atoms with Crippen molar-refractivity contribution >= 4 is 16.9 Å². The first-order chi connectivity index (χ1) is 14.0. The average Bonchev–Trinajstić information content (AvgIpc) is 2.75. The number of hydrogen-bond acceptors (Lipinski definition) is 5. The summed E-state index contributed by atoms with van der Waals surface area (Å²) in [5.74, 6) is 0.624. The number of hydrogen-bond donors (Lipinski definition) is 1. The Balaban J connectivity index is 1.81. The van der Waals surface area contributed by atoms with Crippen molar-refractivity contribution in [2.45, 2.75) is 26.3 Å². The summed E-state index contributed by atoms with van der Waals surface area (Å²) in [5.41, 5.74) is 2.36. The number of amides is 1. The molecule has 7 heteroatoms. The Morgan fingerprint density at radius 1 is 1.14 bits per heavy atom. The number of nitrogens with one attached hydrogen (secondary N) is 1. The quantitative estimate of drug-likeness (QED) is 0.618. The molecule has 0 bridgehead atoms. The maximum absolute atomic E-state index is 12.5. The van der Waals surface area contributed by atoms with Gasteiger partial charge < -0.3 is 14.8 Å². The van der Waals surface area contributed by atoms with Crippen molar-refractivity contribution in [3.8, 4) is 17.0 Å². The molecule has 0 aliphatic rings. The second kappa shape index (κ2) is 9.23. The van der Waals surface area contributed by atoms with Gasteiger partial charge in [0.2, 0.25) is 0 Å². The lowest BCUT2D eigenvalue weighted by Gasteiger charge is -2.11. The van der Waals surface area contributed by atoms with Gasteiger partial charge in [-0.2, -0.15) is 5.10 Å². The molecule has 0 saturated heterocycles. The summed E-state index contributed by atoms with van der Waals surface area (Å²) >= 11 is 0. The van der Waals surface area contributed by atoms with Crippen LogP contribution in [0, 0.1) is 0 Å². The van der Waals surface area contributed by atoms with Crippen LogP contribution in [0.25, 0.3) is 22.0 Å². The van der Waals surface area contributed by atoms with E-state index in [4.69, 9.17) is 9.47 Å². The predicted octanol–water partition coefficient (Wildman–Crippen LogP) is 3.64. The van der Waals surface area contributed by atoms with Gasteiger partial charge in [0.1, 0.15) is 5.75 Å². The Morgan fingerprint density at radius 3 is 2.59 bits per heavy atom. The fraction of sp³-hybridized carbons (Fsp3) is 0.318. The number of rotatable bonds is 7. The number of alkyl carbamates (subject to hydrolysis) is 1. The average molecular weight is 395 g/mol. The molecule has 0 atom stereocenters. The van der Waals surface area contributed by atoms with Gasteiger partial charge in [0.15, 0.2) is 0 Å². The van der Waals surface area contributed by atoms with E-state index >= 15 is 0 Å². The fourth-order valence-electron chi connectivity index (χ4n) is 2.99. The molecule has 0 fully saturated rings. The number of aryl methyl sites for hydroxylation is 1. The van der Waals surface area contributed by atoms with E-state index in [0.29, 0.717) is 30.0 Å². The maximum atomic E-state index is 12.5. The number of carbonyl (C=O) groups is 1. The van der Waals surface area contributed by atoms with Crippen molar-refractivity contribution < 1.29 is 14.3 Å². The lowest BCUT2D eigenvalue weighted by atomic mass is 10.0. The molecule has 7 nitrogen and oxygen atoms in total. The molecular weight excluding hydrogens is 370 g/mol. The van der Waals surface area contributed by atoms with Crippen molar-refractivity contribution in [1.82, 2.24) is 15.1 Å². The molecule has 1 heterocycles. The third-order valence-electron chi connectivity index (χ3n) is 4.65. The summed E-state index contributed by atoms with van der Waals surface area (Å²) in [7, 11) is 3.20. The summed E-state index contributed by atoms with van der Waals surface area (Å²) in [6.07, 6.45) is 1.42. The van der Waals surface area contributed by atoms with E-state index in [1.165, 1.54) is 4.68 Å². The van der Waals surface area contributed by atoms with Gasteiger partial charge in [-0.25, -0.2) is 9.48 Å². The van der Waals surface area contributed by atoms with E-state index in [2.05, 4.69) is 10.4 Å². The van der Waals surface area contributed by atoms with Gasteiger partial charge in [0.25, 0.3) is 5.56 Å². The second-order valence-electron chi connectivity index (χ2n) is 6.73. The first kappa shape index (κ1) is 20.4. The van der Waals surface area contributed by atoms with E-state index in [0.717, 1.165) is 29.4 Å². The molecule has 29 heavy (non-hydrogen) atoms. The fourth-order valence-corrected chi connectivity index (χ4v) is 2.99. The van der Waals surface area contributed by atoms with Crippen molar-refractivity contribution in [3.63, 3.8) is 0 Å². The zero-order valence-electron chi connectivity index (χ0n) is 16.9. The summed E-state index contributed by atoms with van der Waals surface area (Å²) < 4.78 is 11.7. The third kappa shape index (κ3) is 4.74. The molecule has 1 aromatic heterocycles. The van der Waals surface area contributed by atoms with Crippen LogP contribution in [-0.2, 0) is 18.3 Å². The summed E-state index contributed by atoms with van der Waals surface area (Å²) in [6, 6.07) is 13.1. The molecule has 152 valence electrons. The molecule has 1 amide bonds. The molecule has 0 spiro atoms. The van der Waals surface area contributed by atoms with Gasteiger partial charge in [0.05, 0.1) is 24.8 Å². The normalized spacial score (nSPS) is 10.7. The van der Waals surface area contributed by atoms with Gasteiger partial charge >= 0.3 is 6.09 Å². The Hall–Kier alpha value is -3.35. The highest BCUT2D eigenvalue weighted by molar-refractivity contribution is 5.94. The van der Waals surface area contributed by atoms with E-state index in [-0.39, 0.29) is 5.56 Å². The molecule has 0 unspecified atom stereocenters. The molecule has 0 aliphatic heterocycles. The lowest BCUT2D eigenvalue weighted by Crippen LogP contribution is -2.24. The van der Waals surface area contributed by atoms with Gasteiger partial charge in [-0.05, 0) is 30.2 Å². The molecule has 0 radical (unpaired) electrons. The highest BCUT2D eigenvalue weighted by Crippen LogP contribution is 2.27. The molecule has 3 rings (SSSR count). The van der Waals surface area contributed by atoms with Crippen LogP contribution in [0.15, 0.2) is 47.3 Å².